The van der Waals surface area contributed by atoms with Gasteiger partial charge in [-0.1, -0.05) is 24.3 Å². The molecule has 106 valence electrons. The highest BCUT2D eigenvalue weighted by Crippen LogP contribution is 2.27. The average molecular weight is 291 g/mol. The Morgan fingerprint density at radius 2 is 1.80 bits per heavy atom. The number of nitrogen functional groups attached to an aromatic ring is 1. The minimum atomic E-state index is -3.66. The molecule has 0 aliphatic heterocycles. The van der Waals surface area contributed by atoms with Crippen LogP contribution in [0.25, 0.3) is 0 Å². The molecule has 20 heavy (non-hydrogen) atoms. The Morgan fingerprint density at radius 1 is 1.10 bits per heavy atom. The highest BCUT2D eigenvalue weighted by molar-refractivity contribution is 7.93. The van der Waals surface area contributed by atoms with Crippen molar-refractivity contribution in [3.05, 3.63) is 54.1 Å². The first-order valence-electron chi connectivity index (χ1n) is 6.08. The van der Waals surface area contributed by atoms with Gasteiger partial charge in [-0.25, -0.2) is 8.42 Å². The van der Waals surface area contributed by atoms with E-state index in [0.29, 0.717) is 11.4 Å². The van der Waals surface area contributed by atoms with Gasteiger partial charge in [-0.05, 0) is 36.8 Å². The van der Waals surface area contributed by atoms with Crippen molar-refractivity contribution in [2.45, 2.75) is 11.8 Å². The molecule has 2 aromatic rings. The maximum Gasteiger partial charge on any atom is 0.266 e. The summed E-state index contributed by atoms with van der Waals surface area (Å²) in [6, 6.07) is 13.8. The van der Waals surface area contributed by atoms with Gasteiger partial charge in [0.1, 0.15) is 4.90 Å². The molecule has 5 nitrogen and oxygen atoms in total. The van der Waals surface area contributed by atoms with E-state index < -0.39 is 10.0 Å². The van der Waals surface area contributed by atoms with Gasteiger partial charge in [0, 0.05) is 7.05 Å². The number of nitrogens with two attached hydrogens (primary N) is 1. The number of hydrazine groups is 1. The van der Waals surface area contributed by atoms with E-state index in [9.17, 15) is 8.42 Å². The van der Waals surface area contributed by atoms with Crippen LogP contribution in [0.5, 0.6) is 0 Å². The molecule has 0 amide bonds. The highest BCUT2D eigenvalue weighted by Gasteiger charge is 2.24. The van der Waals surface area contributed by atoms with E-state index in [1.165, 1.54) is 17.4 Å². The summed E-state index contributed by atoms with van der Waals surface area (Å²) in [7, 11) is -2.14. The molecule has 0 aliphatic rings. The van der Waals surface area contributed by atoms with Crippen molar-refractivity contribution in [1.29, 1.82) is 0 Å². The van der Waals surface area contributed by atoms with Crippen LogP contribution in [0.4, 0.5) is 11.4 Å². The van der Waals surface area contributed by atoms with E-state index in [0.717, 1.165) is 5.56 Å². The SMILES string of the molecule is Cc1cccc(N(C)S(=O)(=O)c2ccccc2NN)c1. The lowest BCUT2D eigenvalue weighted by Gasteiger charge is -2.21. The van der Waals surface area contributed by atoms with Gasteiger partial charge in [0.25, 0.3) is 10.0 Å². The number of rotatable bonds is 4. The predicted octanol–water partition coefficient (Wildman–Crippen LogP) is 2.11. The van der Waals surface area contributed by atoms with Crippen LogP contribution >= 0.6 is 0 Å². The Morgan fingerprint density at radius 3 is 2.45 bits per heavy atom. The quantitative estimate of drug-likeness (QED) is 0.668. The molecule has 0 aromatic heterocycles. The normalized spacial score (nSPS) is 11.2. The van der Waals surface area contributed by atoms with Crippen LogP contribution in [0.1, 0.15) is 5.56 Å². The van der Waals surface area contributed by atoms with Crippen LogP contribution in [-0.4, -0.2) is 15.5 Å². The summed E-state index contributed by atoms with van der Waals surface area (Å²) in [4.78, 5) is 0.145. The van der Waals surface area contributed by atoms with E-state index in [-0.39, 0.29) is 4.90 Å². The summed E-state index contributed by atoms with van der Waals surface area (Å²) < 4.78 is 26.6. The van der Waals surface area contributed by atoms with Gasteiger partial charge in [-0.2, -0.15) is 0 Å². The number of aryl methyl sites for hydroxylation is 1. The zero-order valence-electron chi connectivity index (χ0n) is 11.4. The molecule has 0 spiro atoms. The predicted molar refractivity (Wildman–Crippen MR) is 81.0 cm³/mol. The smallest absolute Gasteiger partial charge is 0.266 e. The van der Waals surface area contributed by atoms with Crippen LogP contribution in [0.15, 0.2) is 53.4 Å². The molecular weight excluding hydrogens is 274 g/mol. The highest BCUT2D eigenvalue weighted by atomic mass is 32.2. The van der Waals surface area contributed by atoms with Gasteiger partial charge in [-0.15, -0.1) is 0 Å². The van der Waals surface area contributed by atoms with Crippen LogP contribution in [0.2, 0.25) is 0 Å². The molecule has 0 heterocycles. The van der Waals surface area contributed by atoms with Gasteiger partial charge in [0.15, 0.2) is 0 Å². The maximum absolute atomic E-state index is 12.7. The summed E-state index contributed by atoms with van der Waals surface area (Å²) in [6.45, 7) is 1.92. The Balaban J connectivity index is 2.50. The number of hydrogen-bond acceptors (Lipinski definition) is 4. The fourth-order valence-corrected chi connectivity index (χ4v) is 3.26. The molecule has 0 fully saturated rings. The van der Waals surface area contributed by atoms with Crippen LogP contribution in [0, 0.1) is 6.92 Å². The molecule has 0 saturated heterocycles. The van der Waals surface area contributed by atoms with Crippen LogP contribution in [-0.2, 0) is 10.0 Å². The van der Waals surface area contributed by atoms with E-state index in [4.69, 9.17) is 5.84 Å². The summed E-state index contributed by atoms with van der Waals surface area (Å²) in [5.74, 6) is 5.38. The molecule has 6 heteroatoms. The second-order valence-electron chi connectivity index (χ2n) is 4.45. The Hall–Kier alpha value is -2.05. The molecule has 0 radical (unpaired) electrons. The van der Waals surface area contributed by atoms with Crippen molar-refractivity contribution in [2.24, 2.45) is 5.84 Å². The molecule has 0 atom stereocenters. The van der Waals surface area contributed by atoms with Gasteiger partial charge in [0.2, 0.25) is 0 Å². The molecule has 2 rings (SSSR count). The van der Waals surface area contributed by atoms with Crippen LogP contribution < -0.4 is 15.6 Å². The topological polar surface area (TPSA) is 75.4 Å². The van der Waals surface area contributed by atoms with Crippen molar-refractivity contribution in [2.75, 3.05) is 16.8 Å². The van der Waals surface area contributed by atoms with E-state index in [1.807, 2.05) is 25.1 Å². The molecule has 0 saturated carbocycles. The van der Waals surface area contributed by atoms with Crippen LogP contribution in [0.3, 0.4) is 0 Å². The van der Waals surface area contributed by atoms with Crippen molar-refractivity contribution in [1.82, 2.24) is 0 Å². The van der Waals surface area contributed by atoms with Crippen molar-refractivity contribution < 1.29 is 8.42 Å². The number of nitrogens with one attached hydrogen (secondary N) is 1. The van der Waals surface area contributed by atoms with Gasteiger partial charge in [-0.3, -0.25) is 10.1 Å². The molecule has 0 unspecified atom stereocenters. The van der Waals surface area contributed by atoms with Gasteiger partial charge >= 0.3 is 0 Å². The second kappa shape index (κ2) is 5.52. The number of hydrogen-bond donors (Lipinski definition) is 2. The largest absolute Gasteiger partial charge is 0.323 e. The van der Waals surface area contributed by atoms with Gasteiger partial charge in [0.05, 0.1) is 11.4 Å². The molecule has 3 N–H and O–H groups in total. The average Bonchev–Trinajstić information content (AvgIpc) is 2.46. The van der Waals surface area contributed by atoms with E-state index in [1.54, 1.807) is 24.3 Å². The minimum absolute atomic E-state index is 0.145. The third-order valence-corrected chi connectivity index (χ3v) is 4.89. The number of nitrogens with zero attached hydrogens (tertiary/aromatic N) is 1. The minimum Gasteiger partial charge on any atom is -0.323 e. The first-order chi connectivity index (χ1) is 9.46. The standard InChI is InChI=1S/C14H17N3O2S/c1-11-6-5-7-12(10-11)17(2)20(18,19)14-9-4-3-8-13(14)16-15/h3-10,16H,15H2,1-2H3. The van der Waals surface area contributed by atoms with Crippen molar-refractivity contribution in [3.63, 3.8) is 0 Å². The van der Waals surface area contributed by atoms with E-state index in [2.05, 4.69) is 5.43 Å². The number of benzene rings is 2. The summed E-state index contributed by atoms with van der Waals surface area (Å²) in [5.41, 5.74) is 4.38. The lowest BCUT2D eigenvalue weighted by Crippen LogP contribution is -2.27. The van der Waals surface area contributed by atoms with Gasteiger partial charge < -0.3 is 5.43 Å². The number of sulfonamides is 1. The van der Waals surface area contributed by atoms with Crippen molar-refractivity contribution in [3.8, 4) is 0 Å². The summed E-state index contributed by atoms with van der Waals surface area (Å²) in [6.07, 6.45) is 0. The lowest BCUT2D eigenvalue weighted by molar-refractivity contribution is 0.594. The molecule has 0 bridgehead atoms. The number of anilines is 2. The summed E-state index contributed by atoms with van der Waals surface area (Å²) in [5, 5.41) is 0. The second-order valence-corrected chi connectivity index (χ2v) is 6.39. The molecule has 2 aromatic carbocycles. The third-order valence-electron chi connectivity index (χ3n) is 3.05. The number of para-hydroxylation sites is 1. The van der Waals surface area contributed by atoms with Crippen molar-refractivity contribution >= 4 is 21.4 Å². The van der Waals surface area contributed by atoms with E-state index >= 15 is 0 Å². The molecular formula is C14H17N3O2S. The fourth-order valence-electron chi connectivity index (χ4n) is 1.92. The Labute approximate surface area is 119 Å². The zero-order chi connectivity index (χ0) is 14.8. The Bertz CT molecular complexity index is 714. The monoisotopic (exact) mass is 291 g/mol. The first-order valence-corrected chi connectivity index (χ1v) is 7.52. The third kappa shape index (κ3) is 2.61. The first kappa shape index (κ1) is 14.4. The molecule has 0 aliphatic carbocycles. The fraction of sp³-hybridized carbons (Fsp3) is 0.143. The Kier molecular flexibility index (Phi) is 3.96. The zero-order valence-corrected chi connectivity index (χ0v) is 12.2. The maximum atomic E-state index is 12.7. The summed E-state index contributed by atoms with van der Waals surface area (Å²) >= 11 is 0. The lowest BCUT2D eigenvalue weighted by atomic mass is 10.2.